The van der Waals surface area contributed by atoms with Crippen molar-refractivity contribution in [3.8, 4) is 0 Å². The van der Waals surface area contributed by atoms with Gasteiger partial charge < -0.3 is 10.4 Å². The number of rotatable bonds is 5. The normalized spacial score (nSPS) is 25.8. The first-order valence-corrected chi connectivity index (χ1v) is 7.31. The average Bonchev–Trinajstić information content (AvgIpc) is 2.43. The Morgan fingerprint density at radius 1 is 1.50 bits per heavy atom. The van der Waals surface area contributed by atoms with E-state index in [1.807, 2.05) is 13.8 Å². The highest BCUT2D eigenvalue weighted by Crippen LogP contribution is 2.14. The molecule has 1 heterocycles. The molecule has 6 heteroatoms. The molecule has 0 aromatic carbocycles. The summed E-state index contributed by atoms with van der Waals surface area (Å²) in [5, 5.41) is 11.9. The predicted octanol–water partition coefficient (Wildman–Crippen LogP) is 0.262. The summed E-state index contributed by atoms with van der Waals surface area (Å²) in [7, 11) is -2.95. The molecule has 0 spiro atoms. The summed E-state index contributed by atoms with van der Waals surface area (Å²) in [5.41, 5.74) is 0. The molecule has 1 rings (SSSR count). The molecule has 1 aliphatic heterocycles. The summed E-state index contributed by atoms with van der Waals surface area (Å²) in [6.07, 6.45) is 1.04. The SMILES string of the molecule is CC(C)C[C@H](NC1CCS(=O)(=O)C1)C(=O)O. The first-order valence-electron chi connectivity index (χ1n) is 5.49. The van der Waals surface area contributed by atoms with Crippen molar-refractivity contribution in [1.82, 2.24) is 5.32 Å². The molecule has 1 saturated heterocycles. The van der Waals surface area contributed by atoms with Crippen LogP contribution in [0, 0.1) is 5.92 Å². The van der Waals surface area contributed by atoms with Crippen LogP contribution < -0.4 is 5.32 Å². The quantitative estimate of drug-likeness (QED) is 0.730. The van der Waals surface area contributed by atoms with Gasteiger partial charge >= 0.3 is 5.97 Å². The maximum Gasteiger partial charge on any atom is 0.320 e. The van der Waals surface area contributed by atoms with Gasteiger partial charge in [0.05, 0.1) is 11.5 Å². The van der Waals surface area contributed by atoms with Crippen LogP contribution in [-0.4, -0.2) is 43.1 Å². The molecule has 1 fully saturated rings. The van der Waals surface area contributed by atoms with Gasteiger partial charge in [0, 0.05) is 6.04 Å². The molecule has 2 atom stereocenters. The molecule has 0 amide bonds. The number of aliphatic carboxylic acids is 1. The minimum Gasteiger partial charge on any atom is -0.480 e. The van der Waals surface area contributed by atoms with Gasteiger partial charge in [-0.25, -0.2) is 8.42 Å². The highest BCUT2D eigenvalue weighted by atomic mass is 32.2. The second kappa shape index (κ2) is 5.14. The number of hydrogen-bond donors (Lipinski definition) is 2. The lowest BCUT2D eigenvalue weighted by Crippen LogP contribution is -2.44. The third-order valence-corrected chi connectivity index (χ3v) is 4.44. The van der Waals surface area contributed by atoms with Gasteiger partial charge in [-0.1, -0.05) is 13.8 Å². The lowest BCUT2D eigenvalue weighted by atomic mass is 10.0. The topological polar surface area (TPSA) is 83.5 Å². The van der Waals surface area contributed by atoms with Crippen molar-refractivity contribution in [2.24, 2.45) is 5.92 Å². The summed E-state index contributed by atoms with van der Waals surface area (Å²) < 4.78 is 22.5. The Hall–Kier alpha value is -0.620. The largest absolute Gasteiger partial charge is 0.480 e. The van der Waals surface area contributed by atoms with Crippen LogP contribution in [0.2, 0.25) is 0 Å². The lowest BCUT2D eigenvalue weighted by molar-refractivity contribution is -0.140. The Bertz CT molecular complexity index is 350. The van der Waals surface area contributed by atoms with Gasteiger partial charge in [0.25, 0.3) is 0 Å². The first kappa shape index (κ1) is 13.4. The van der Waals surface area contributed by atoms with Gasteiger partial charge in [-0.15, -0.1) is 0 Å². The Morgan fingerprint density at radius 2 is 2.12 bits per heavy atom. The minimum absolute atomic E-state index is 0.0644. The Balaban J connectivity index is 2.53. The number of sulfone groups is 1. The Morgan fingerprint density at radius 3 is 2.50 bits per heavy atom. The molecule has 1 aliphatic rings. The molecular formula is C10H19NO4S. The van der Waals surface area contributed by atoms with Gasteiger partial charge in [0.2, 0.25) is 0 Å². The second-order valence-electron chi connectivity index (χ2n) is 4.79. The van der Waals surface area contributed by atoms with Crippen LogP contribution in [0.25, 0.3) is 0 Å². The zero-order chi connectivity index (χ0) is 12.3. The van der Waals surface area contributed by atoms with Crippen molar-refractivity contribution in [1.29, 1.82) is 0 Å². The first-order chi connectivity index (χ1) is 7.30. The van der Waals surface area contributed by atoms with Crippen molar-refractivity contribution in [2.45, 2.75) is 38.8 Å². The van der Waals surface area contributed by atoms with Crippen molar-refractivity contribution < 1.29 is 18.3 Å². The maximum atomic E-state index is 11.2. The van der Waals surface area contributed by atoms with E-state index < -0.39 is 21.8 Å². The molecule has 2 N–H and O–H groups in total. The Kier molecular flexibility index (Phi) is 4.32. The van der Waals surface area contributed by atoms with Crippen LogP contribution in [0.4, 0.5) is 0 Å². The van der Waals surface area contributed by atoms with E-state index in [0.29, 0.717) is 12.8 Å². The van der Waals surface area contributed by atoms with Crippen LogP contribution in [0.1, 0.15) is 26.7 Å². The van der Waals surface area contributed by atoms with Gasteiger partial charge in [-0.2, -0.15) is 0 Å². The van der Waals surface area contributed by atoms with Gasteiger partial charge in [0.15, 0.2) is 9.84 Å². The number of hydrogen-bond acceptors (Lipinski definition) is 4. The molecule has 5 nitrogen and oxygen atoms in total. The van der Waals surface area contributed by atoms with E-state index in [2.05, 4.69) is 5.32 Å². The van der Waals surface area contributed by atoms with E-state index in [1.165, 1.54) is 0 Å². The number of carboxylic acids is 1. The smallest absolute Gasteiger partial charge is 0.320 e. The fraction of sp³-hybridized carbons (Fsp3) is 0.900. The molecule has 94 valence electrons. The minimum atomic E-state index is -2.95. The lowest BCUT2D eigenvalue weighted by Gasteiger charge is -2.20. The highest BCUT2D eigenvalue weighted by molar-refractivity contribution is 7.91. The third-order valence-electron chi connectivity index (χ3n) is 2.67. The fourth-order valence-electron chi connectivity index (χ4n) is 1.92. The van der Waals surface area contributed by atoms with Crippen LogP contribution in [0.15, 0.2) is 0 Å². The Labute approximate surface area is 96.1 Å². The molecule has 0 bridgehead atoms. The summed E-state index contributed by atoms with van der Waals surface area (Å²) in [5.74, 6) is -0.405. The summed E-state index contributed by atoms with van der Waals surface area (Å²) in [6.45, 7) is 3.89. The molecule has 0 aromatic rings. The van der Waals surface area contributed by atoms with E-state index in [0.717, 1.165) is 0 Å². The van der Waals surface area contributed by atoms with E-state index in [-0.39, 0.29) is 23.5 Å². The van der Waals surface area contributed by atoms with E-state index in [4.69, 9.17) is 5.11 Å². The standard InChI is InChI=1S/C10H19NO4S/c1-7(2)5-9(10(12)13)11-8-3-4-16(14,15)6-8/h7-9,11H,3-6H2,1-2H3,(H,12,13)/t8?,9-/m0/s1. The van der Waals surface area contributed by atoms with Crippen LogP contribution in [0.5, 0.6) is 0 Å². The van der Waals surface area contributed by atoms with E-state index >= 15 is 0 Å². The number of carbonyl (C=O) groups is 1. The summed E-state index contributed by atoms with van der Waals surface area (Å²) in [4.78, 5) is 11.0. The number of carboxylic acid groups (broad SMARTS) is 1. The van der Waals surface area contributed by atoms with Crippen molar-refractivity contribution in [2.75, 3.05) is 11.5 Å². The predicted molar refractivity (Wildman–Crippen MR) is 61.1 cm³/mol. The molecule has 0 aliphatic carbocycles. The average molecular weight is 249 g/mol. The molecule has 0 saturated carbocycles. The third kappa shape index (κ3) is 4.09. The highest BCUT2D eigenvalue weighted by Gasteiger charge is 2.31. The monoisotopic (exact) mass is 249 g/mol. The molecular weight excluding hydrogens is 230 g/mol. The molecule has 1 unspecified atom stereocenters. The van der Waals surface area contributed by atoms with Gasteiger partial charge in [0.1, 0.15) is 6.04 Å². The van der Waals surface area contributed by atoms with E-state index in [9.17, 15) is 13.2 Å². The van der Waals surface area contributed by atoms with Crippen molar-refractivity contribution in [3.05, 3.63) is 0 Å². The van der Waals surface area contributed by atoms with Crippen LogP contribution >= 0.6 is 0 Å². The molecule has 0 radical (unpaired) electrons. The van der Waals surface area contributed by atoms with E-state index in [1.54, 1.807) is 0 Å². The van der Waals surface area contributed by atoms with Gasteiger partial charge in [-0.3, -0.25) is 4.79 Å². The second-order valence-corrected chi connectivity index (χ2v) is 7.02. The van der Waals surface area contributed by atoms with Crippen LogP contribution in [0.3, 0.4) is 0 Å². The van der Waals surface area contributed by atoms with Gasteiger partial charge in [-0.05, 0) is 18.8 Å². The summed E-state index contributed by atoms with van der Waals surface area (Å²) >= 11 is 0. The summed E-state index contributed by atoms with van der Waals surface area (Å²) in [6, 6.07) is -0.844. The number of nitrogens with one attached hydrogen (secondary N) is 1. The molecule has 16 heavy (non-hydrogen) atoms. The van der Waals surface area contributed by atoms with Crippen LogP contribution in [-0.2, 0) is 14.6 Å². The zero-order valence-electron chi connectivity index (χ0n) is 9.64. The zero-order valence-corrected chi connectivity index (χ0v) is 10.5. The van der Waals surface area contributed by atoms with Crippen molar-refractivity contribution >= 4 is 15.8 Å². The van der Waals surface area contributed by atoms with Crippen molar-refractivity contribution in [3.63, 3.8) is 0 Å². The fourth-order valence-corrected chi connectivity index (χ4v) is 3.61. The maximum absolute atomic E-state index is 11.2. The molecule has 0 aromatic heterocycles.